The molecule has 0 unspecified atom stereocenters. The molecule has 0 bridgehead atoms. The third-order valence-corrected chi connectivity index (χ3v) is 2.20. The van der Waals surface area contributed by atoms with Crippen LogP contribution in [-0.4, -0.2) is 22.8 Å². The van der Waals surface area contributed by atoms with Crippen LogP contribution in [0.2, 0.25) is 10.0 Å². The molecule has 0 aliphatic heterocycles. The minimum Gasteiger partial charge on any atom is -0.390 e. The third kappa shape index (κ3) is 4.50. The van der Waals surface area contributed by atoms with Crippen LogP contribution in [0.5, 0.6) is 0 Å². The van der Waals surface area contributed by atoms with Gasteiger partial charge in [-0.05, 0) is 26.8 Å². The molecule has 0 aliphatic rings. The first kappa shape index (κ1) is 14.2. The molecule has 0 amide bonds. The minimum atomic E-state index is -0.390. The Morgan fingerprint density at radius 2 is 2.12 bits per heavy atom. The molecule has 4 nitrogen and oxygen atoms in total. The van der Waals surface area contributed by atoms with Crippen LogP contribution in [0.25, 0.3) is 0 Å². The Morgan fingerprint density at radius 1 is 1.47 bits per heavy atom. The van der Waals surface area contributed by atoms with Gasteiger partial charge in [-0.2, -0.15) is 0 Å². The first-order valence-electron chi connectivity index (χ1n) is 5.10. The van der Waals surface area contributed by atoms with Crippen molar-refractivity contribution in [2.45, 2.75) is 26.4 Å². The number of hydrogen-bond acceptors (Lipinski definition) is 4. The summed E-state index contributed by atoms with van der Waals surface area (Å²) in [6, 6.07) is 1.59. The molecule has 1 aromatic rings. The molecule has 0 radical (unpaired) electrons. The summed E-state index contributed by atoms with van der Waals surface area (Å²) in [6.45, 7) is 5.86. The Kier molecular flexibility index (Phi) is 4.74. The zero-order chi connectivity index (χ0) is 13.1. The molecule has 0 saturated carbocycles. The Hall–Kier alpha value is -0.840. The standard InChI is InChI=1S/C11H15Cl2N3O/c1-11(2,3)17-16-9(5-14)10-8(13)4-7(12)6-15-10/h4,6H,5,14H2,1-3H3/b16-9+. The van der Waals surface area contributed by atoms with Crippen LogP contribution >= 0.6 is 23.2 Å². The van der Waals surface area contributed by atoms with E-state index in [1.165, 1.54) is 6.20 Å². The van der Waals surface area contributed by atoms with Gasteiger partial charge in [-0.15, -0.1) is 0 Å². The van der Waals surface area contributed by atoms with Crippen LogP contribution in [-0.2, 0) is 4.84 Å². The van der Waals surface area contributed by atoms with E-state index in [0.717, 1.165) is 0 Å². The lowest BCUT2D eigenvalue weighted by Gasteiger charge is -2.16. The lowest BCUT2D eigenvalue weighted by atomic mass is 10.2. The monoisotopic (exact) mass is 275 g/mol. The zero-order valence-corrected chi connectivity index (χ0v) is 11.5. The SMILES string of the molecule is CC(C)(C)O/N=C(\CN)c1ncc(Cl)cc1Cl. The van der Waals surface area contributed by atoms with Crippen molar-refractivity contribution in [3.63, 3.8) is 0 Å². The van der Waals surface area contributed by atoms with Crippen molar-refractivity contribution in [3.8, 4) is 0 Å². The fraction of sp³-hybridized carbons (Fsp3) is 0.455. The molecule has 1 rings (SSSR count). The number of aromatic nitrogens is 1. The maximum absolute atomic E-state index is 6.01. The van der Waals surface area contributed by atoms with Crippen LogP contribution in [0.4, 0.5) is 0 Å². The molecule has 0 atom stereocenters. The van der Waals surface area contributed by atoms with E-state index in [9.17, 15) is 0 Å². The van der Waals surface area contributed by atoms with E-state index in [-0.39, 0.29) is 12.1 Å². The van der Waals surface area contributed by atoms with Gasteiger partial charge in [-0.3, -0.25) is 4.98 Å². The van der Waals surface area contributed by atoms with Crippen molar-refractivity contribution in [2.75, 3.05) is 6.54 Å². The average Bonchev–Trinajstić information content (AvgIpc) is 2.19. The van der Waals surface area contributed by atoms with Gasteiger partial charge in [0.15, 0.2) is 0 Å². The predicted octanol–water partition coefficient (Wildman–Crippen LogP) is 2.87. The number of nitrogens with zero attached hydrogens (tertiary/aromatic N) is 2. The molecule has 6 heteroatoms. The van der Waals surface area contributed by atoms with Gasteiger partial charge in [0.2, 0.25) is 0 Å². The van der Waals surface area contributed by atoms with Gasteiger partial charge < -0.3 is 10.6 Å². The van der Waals surface area contributed by atoms with Crippen LogP contribution < -0.4 is 5.73 Å². The number of halogens is 2. The van der Waals surface area contributed by atoms with Crippen LogP contribution in [0, 0.1) is 0 Å². The van der Waals surface area contributed by atoms with Crippen molar-refractivity contribution in [2.24, 2.45) is 10.9 Å². The summed E-state index contributed by atoms with van der Waals surface area (Å²) >= 11 is 11.8. The van der Waals surface area contributed by atoms with E-state index in [1.807, 2.05) is 20.8 Å². The highest BCUT2D eigenvalue weighted by molar-refractivity contribution is 6.36. The lowest BCUT2D eigenvalue weighted by molar-refractivity contribution is 0.000835. The second kappa shape index (κ2) is 5.67. The van der Waals surface area contributed by atoms with Gasteiger partial charge in [0.05, 0.1) is 10.0 Å². The summed E-state index contributed by atoms with van der Waals surface area (Å²) in [6.07, 6.45) is 1.49. The minimum absolute atomic E-state index is 0.185. The van der Waals surface area contributed by atoms with Gasteiger partial charge in [-0.25, -0.2) is 0 Å². The zero-order valence-electron chi connectivity index (χ0n) is 10.00. The smallest absolute Gasteiger partial charge is 0.129 e. The molecule has 2 N–H and O–H groups in total. The van der Waals surface area contributed by atoms with Crippen molar-refractivity contribution < 1.29 is 4.84 Å². The number of hydrogen-bond donors (Lipinski definition) is 1. The van der Waals surface area contributed by atoms with Crippen molar-refractivity contribution >= 4 is 28.9 Å². The molecule has 0 spiro atoms. The molecule has 1 heterocycles. The second-order valence-corrected chi connectivity index (χ2v) is 5.27. The topological polar surface area (TPSA) is 60.5 Å². The maximum atomic E-state index is 6.01. The highest BCUT2D eigenvalue weighted by Crippen LogP contribution is 2.19. The van der Waals surface area contributed by atoms with Crippen molar-refractivity contribution in [3.05, 3.63) is 28.0 Å². The first-order valence-corrected chi connectivity index (χ1v) is 5.85. The van der Waals surface area contributed by atoms with Gasteiger partial charge in [-0.1, -0.05) is 28.4 Å². The number of oxime groups is 1. The van der Waals surface area contributed by atoms with E-state index in [0.29, 0.717) is 21.5 Å². The molecule has 0 aromatic carbocycles. The van der Waals surface area contributed by atoms with E-state index in [4.69, 9.17) is 33.8 Å². The van der Waals surface area contributed by atoms with Gasteiger partial charge in [0.25, 0.3) is 0 Å². The molecule has 0 aliphatic carbocycles. The summed E-state index contributed by atoms with van der Waals surface area (Å²) in [5.74, 6) is 0. The van der Waals surface area contributed by atoms with Crippen LogP contribution in [0.1, 0.15) is 26.5 Å². The Morgan fingerprint density at radius 3 is 2.59 bits per heavy atom. The average molecular weight is 276 g/mol. The molecule has 17 heavy (non-hydrogen) atoms. The van der Waals surface area contributed by atoms with Crippen LogP contribution in [0.3, 0.4) is 0 Å². The van der Waals surface area contributed by atoms with Crippen molar-refractivity contribution in [1.29, 1.82) is 0 Å². The molecular formula is C11H15Cl2N3O. The van der Waals surface area contributed by atoms with Gasteiger partial charge in [0.1, 0.15) is 17.0 Å². The van der Waals surface area contributed by atoms with E-state index in [2.05, 4.69) is 10.1 Å². The van der Waals surface area contributed by atoms with E-state index >= 15 is 0 Å². The molecular weight excluding hydrogens is 261 g/mol. The molecule has 1 aromatic heterocycles. The Labute approximate surface area is 111 Å². The highest BCUT2D eigenvalue weighted by Gasteiger charge is 2.14. The summed E-state index contributed by atoms with van der Waals surface area (Å²) < 4.78 is 0. The van der Waals surface area contributed by atoms with Crippen molar-refractivity contribution in [1.82, 2.24) is 4.98 Å². The Bertz CT molecular complexity index is 427. The van der Waals surface area contributed by atoms with E-state index < -0.39 is 0 Å². The van der Waals surface area contributed by atoms with Gasteiger partial charge in [0, 0.05) is 12.7 Å². The quantitative estimate of drug-likeness (QED) is 0.682. The number of nitrogens with two attached hydrogens (primary N) is 1. The van der Waals surface area contributed by atoms with E-state index in [1.54, 1.807) is 6.07 Å². The normalized spacial score (nSPS) is 12.7. The predicted molar refractivity (Wildman–Crippen MR) is 70.7 cm³/mol. The summed E-state index contributed by atoms with van der Waals surface area (Å²) in [7, 11) is 0. The lowest BCUT2D eigenvalue weighted by Crippen LogP contribution is -2.22. The fourth-order valence-corrected chi connectivity index (χ4v) is 1.49. The third-order valence-electron chi connectivity index (χ3n) is 1.70. The highest BCUT2D eigenvalue weighted by atomic mass is 35.5. The number of rotatable bonds is 3. The fourth-order valence-electron chi connectivity index (χ4n) is 0.996. The summed E-state index contributed by atoms with van der Waals surface area (Å²) in [4.78, 5) is 9.39. The second-order valence-electron chi connectivity index (χ2n) is 4.43. The summed E-state index contributed by atoms with van der Waals surface area (Å²) in [5.41, 5.74) is 6.19. The molecule has 94 valence electrons. The maximum Gasteiger partial charge on any atom is 0.129 e. The summed E-state index contributed by atoms with van der Waals surface area (Å²) in [5, 5.41) is 4.84. The molecule has 0 fully saturated rings. The van der Waals surface area contributed by atoms with Crippen LogP contribution in [0.15, 0.2) is 17.4 Å². The first-order chi connectivity index (χ1) is 7.83. The Balaban J connectivity index is 3.01. The van der Waals surface area contributed by atoms with Gasteiger partial charge >= 0.3 is 0 Å². The molecule has 0 saturated heterocycles. The largest absolute Gasteiger partial charge is 0.390 e. The number of pyridine rings is 1.